The van der Waals surface area contributed by atoms with Gasteiger partial charge in [0.2, 0.25) is 5.91 Å². The Morgan fingerprint density at radius 3 is 2.80 bits per heavy atom. The summed E-state index contributed by atoms with van der Waals surface area (Å²) in [6.07, 6.45) is 2.85. The number of benzene rings is 1. The van der Waals surface area contributed by atoms with Crippen LogP contribution in [0, 0.1) is 10.1 Å². The number of hydrogen-bond donors (Lipinski definition) is 3. The third-order valence-corrected chi connectivity index (χ3v) is 3.12. The van der Waals surface area contributed by atoms with Gasteiger partial charge in [0.25, 0.3) is 5.69 Å². The fraction of sp³-hybridized carbons (Fsp3) is 0.417. The Bertz CT molecular complexity index is 503. The number of carbonyl (C=O) groups is 1. The summed E-state index contributed by atoms with van der Waals surface area (Å²) in [5.41, 5.74) is 5.77. The molecule has 0 unspecified atom stereocenters. The lowest BCUT2D eigenvalue weighted by Gasteiger charge is -2.22. The third-order valence-electron chi connectivity index (χ3n) is 3.12. The van der Waals surface area contributed by atoms with E-state index in [9.17, 15) is 14.9 Å². The van der Waals surface area contributed by atoms with Crippen molar-refractivity contribution in [2.24, 2.45) is 0 Å². The summed E-state index contributed by atoms with van der Waals surface area (Å²) < 4.78 is 0. The summed E-state index contributed by atoms with van der Waals surface area (Å²) >= 11 is 0. The van der Waals surface area contributed by atoms with Crippen LogP contribution in [0.1, 0.15) is 19.3 Å². The minimum Gasteiger partial charge on any atom is -0.393 e. The van der Waals surface area contributed by atoms with E-state index in [1.54, 1.807) is 6.07 Å². The number of piperidine rings is 1. The van der Waals surface area contributed by atoms with Gasteiger partial charge in [-0.25, -0.2) is 0 Å². The summed E-state index contributed by atoms with van der Waals surface area (Å²) in [7, 11) is 0. The number of carbonyl (C=O) groups excluding carboxylic acids is 1. The number of nitrogens with two attached hydrogens (primary N) is 1. The summed E-state index contributed by atoms with van der Waals surface area (Å²) in [6, 6.07) is 4.02. The van der Waals surface area contributed by atoms with Crippen LogP contribution in [-0.4, -0.2) is 23.4 Å². The lowest BCUT2D eigenvalue weighted by atomic mass is 10.0. The summed E-state index contributed by atoms with van der Waals surface area (Å²) in [5.74, 6) is -0.168. The van der Waals surface area contributed by atoms with E-state index in [1.807, 2.05) is 0 Å². The van der Waals surface area contributed by atoms with Crippen LogP contribution in [-0.2, 0) is 4.79 Å². The van der Waals surface area contributed by atoms with Crippen molar-refractivity contribution in [2.75, 3.05) is 17.6 Å². The minimum atomic E-state index is -0.566. The minimum absolute atomic E-state index is 0. The second kappa shape index (κ2) is 7.06. The first-order chi connectivity index (χ1) is 9.08. The van der Waals surface area contributed by atoms with Gasteiger partial charge in [-0.15, -0.1) is 12.4 Å². The molecular formula is C12H17ClN4O3. The first-order valence-electron chi connectivity index (χ1n) is 6.16. The number of halogens is 1. The summed E-state index contributed by atoms with van der Waals surface area (Å²) in [4.78, 5) is 22.2. The van der Waals surface area contributed by atoms with Crippen molar-refractivity contribution in [3.63, 3.8) is 0 Å². The maximum atomic E-state index is 12.0. The van der Waals surface area contributed by atoms with Crippen LogP contribution >= 0.6 is 12.4 Å². The fourth-order valence-electron chi connectivity index (χ4n) is 2.08. The van der Waals surface area contributed by atoms with Crippen LogP contribution in [0.2, 0.25) is 0 Å². The molecule has 8 heteroatoms. The molecular weight excluding hydrogens is 284 g/mol. The van der Waals surface area contributed by atoms with E-state index >= 15 is 0 Å². The molecule has 1 atom stereocenters. The van der Waals surface area contributed by atoms with Gasteiger partial charge in [0, 0.05) is 11.8 Å². The highest BCUT2D eigenvalue weighted by atomic mass is 35.5. The standard InChI is InChI=1S/C12H16N4O3.ClH/c13-9-5-4-8(7-11(9)16(18)19)15-12(17)10-3-1-2-6-14-10;/h4-5,7,10,14H,1-3,6,13H2,(H,15,17);1H/t10-;/m1./s1. The van der Waals surface area contributed by atoms with Crippen molar-refractivity contribution in [1.82, 2.24) is 5.32 Å². The van der Waals surface area contributed by atoms with Gasteiger partial charge in [0.15, 0.2) is 0 Å². The van der Waals surface area contributed by atoms with E-state index in [0.717, 1.165) is 25.8 Å². The van der Waals surface area contributed by atoms with E-state index in [4.69, 9.17) is 5.73 Å². The van der Waals surface area contributed by atoms with Crippen molar-refractivity contribution < 1.29 is 9.72 Å². The molecule has 110 valence electrons. The molecule has 1 aromatic carbocycles. The van der Waals surface area contributed by atoms with Crippen LogP contribution in [0.3, 0.4) is 0 Å². The van der Waals surface area contributed by atoms with Crippen molar-refractivity contribution >= 4 is 35.4 Å². The lowest BCUT2D eigenvalue weighted by Crippen LogP contribution is -2.43. The summed E-state index contributed by atoms with van der Waals surface area (Å²) in [5, 5.41) is 16.6. The molecule has 0 radical (unpaired) electrons. The predicted molar refractivity (Wildman–Crippen MR) is 79.0 cm³/mol. The Morgan fingerprint density at radius 1 is 1.45 bits per heavy atom. The van der Waals surface area contributed by atoms with Crippen molar-refractivity contribution in [1.29, 1.82) is 0 Å². The SMILES string of the molecule is Cl.Nc1ccc(NC(=O)[C@H]2CCCCN2)cc1[N+](=O)[O-]. The molecule has 1 amide bonds. The third kappa shape index (κ3) is 3.82. The largest absolute Gasteiger partial charge is 0.393 e. The highest BCUT2D eigenvalue weighted by molar-refractivity contribution is 5.95. The molecule has 7 nitrogen and oxygen atoms in total. The highest BCUT2D eigenvalue weighted by Gasteiger charge is 2.21. The predicted octanol–water partition coefficient (Wildman–Crippen LogP) is 1.68. The zero-order valence-corrected chi connectivity index (χ0v) is 11.6. The quantitative estimate of drug-likeness (QED) is 0.447. The molecule has 0 bridgehead atoms. The molecule has 20 heavy (non-hydrogen) atoms. The first-order valence-corrected chi connectivity index (χ1v) is 6.16. The molecule has 0 aliphatic carbocycles. The maximum Gasteiger partial charge on any atom is 0.294 e. The Morgan fingerprint density at radius 2 is 2.20 bits per heavy atom. The second-order valence-corrected chi connectivity index (χ2v) is 4.52. The van der Waals surface area contributed by atoms with Crippen molar-refractivity contribution in [3.05, 3.63) is 28.3 Å². The Kier molecular flexibility index (Phi) is 5.72. The molecule has 0 spiro atoms. The van der Waals surface area contributed by atoms with Crippen LogP contribution in [0.25, 0.3) is 0 Å². The van der Waals surface area contributed by atoms with E-state index in [1.165, 1.54) is 12.1 Å². The molecule has 1 aromatic rings. The number of nitrogen functional groups attached to an aromatic ring is 1. The first kappa shape index (κ1) is 16.2. The van der Waals surface area contributed by atoms with Crippen LogP contribution in [0.4, 0.5) is 17.1 Å². The van der Waals surface area contributed by atoms with Gasteiger partial charge in [-0.2, -0.15) is 0 Å². The zero-order chi connectivity index (χ0) is 13.8. The van der Waals surface area contributed by atoms with Gasteiger partial charge in [-0.05, 0) is 31.5 Å². The molecule has 1 aliphatic heterocycles. The number of nitro benzene ring substituents is 1. The van der Waals surface area contributed by atoms with Gasteiger partial charge >= 0.3 is 0 Å². The average molecular weight is 301 g/mol. The normalized spacial score (nSPS) is 17.9. The van der Waals surface area contributed by atoms with Gasteiger partial charge < -0.3 is 16.4 Å². The number of hydrogen-bond acceptors (Lipinski definition) is 5. The molecule has 0 saturated carbocycles. The topological polar surface area (TPSA) is 110 Å². The monoisotopic (exact) mass is 300 g/mol. The molecule has 2 rings (SSSR count). The number of nitrogens with one attached hydrogen (secondary N) is 2. The number of nitro groups is 1. The van der Waals surface area contributed by atoms with E-state index in [0.29, 0.717) is 5.69 Å². The van der Waals surface area contributed by atoms with E-state index in [2.05, 4.69) is 10.6 Å². The van der Waals surface area contributed by atoms with E-state index < -0.39 is 4.92 Å². The molecule has 0 aromatic heterocycles. The van der Waals surface area contributed by atoms with Gasteiger partial charge in [0.1, 0.15) is 5.69 Å². The Labute approximate surface area is 122 Å². The Balaban J connectivity index is 0.00000200. The molecule has 1 aliphatic rings. The van der Waals surface area contributed by atoms with Crippen LogP contribution in [0.5, 0.6) is 0 Å². The zero-order valence-electron chi connectivity index (χ0n) is 10.8. The number of rotatable bonds is 3. The van der Waals surface area contributed by atoms with Gasteiger partial charge in [0.05, 0.1) is 11.0 Å². The smallest absolute Gasteiger partial charge is 0.294 e. The average Bonchev–Trinajstić information content (AvgIpc) is 2.41. The number of anilines is 2. The van der Waals surface area contributed by atoms with Crippen molar-refractivity contribution in [3.8, 4) is 0 Å². The molecule has 1 saturated heterocycles. The van der Waals surface area contributed by atoms with Gasteiger partial charge in [-0.1, -0.05) is 6.42 Å². The van der Waals surface area contributed by atoms with Gasteiger partial charge in [-0.3, -0.25) is 14.9 Å². The molecule has 4 N–H and O–H groups in total. The number of amides is 1. The lowest BCUT2D eigenvalue weighted by molar-refractivity contribution is -0.383. The second-order valence-electron chi connectivity index (χ2n) is 4.52. The van der Waals surface area contributed by atoms with Crippen molar-refractivity contribution in [2.45, 2.75) is 25.3 Å². The number of nitrogens with zero attached hydrogens (tertiary/aromatic N) is 1. The van der Waals surface area contributed by atoms with Crippen LogP contribution in [0.15, 0.2) is 18.2 Å². The molecule has 1 heterocycles. The fourth-order valence-corrected chi connectivity index (χ4v) is 2.08. The maximum absolute atomic E-state index is 12.0. The highest BCUT2D eigenvalue weighted by Crippen LogP contribution is 2.25. The molecule has 1 fully saturated rings. The summed E-state index contributed by atoms with van der Waals surface area (Å²) in [6.45, 7) is 0.819. The van der Waals surface area contributed by atoms with E-state index in [-0.39, 0.29) is 35.7 Å². The van der Waals surface area contributed by atoms with Crippen LogP contribution < -0.4 is 16.4 Å². The Hall–Kier alpha value is -1.86.